The first-order chi connectivity index (χ1) is 12.6. The van der Waals surface area contributed by atoms with E-state index in [1.54, 1.807) is 36.2 Å². The van der Waals surface area contributed by atoms with Gasteiger partial charge in [0.25, 0.3) is 0 Å². The Kier molecular flexibility index (Phi) is 6.51. The topological polar surface area (TPSA) is 97.5 Å². The third-order valence-corrected chi connectivity index (χ3v) is 5.53. The summed E-state index contributed by atoms with van der Waals surface area (Å²) in [4.78, 5) is 26.2. The third-order valence-electron chi connectivity index (χ3n) is 4.60. The zero-order valence-corrected chi connectivity index (χ0v) is 16.5. The monoisotopic (exact) mass is 388 g/mol. The second-order valence-corrected chi connectivity index (χ2v) is 8.15. The summed E-state index contributed by atoms with van der Waals surface area (Å²) in [5, 5.41) is 5.09. The normalized spacial score (nSPS) is 12.4. The molecular formula is C20H24N2O4S. The van der Waals surface area contributed by atoms with E-state index in [4.69, 9.17) is 5.14 Å². The fraction of sp³-hybridized carbons (Fsp3) is 0.300. The van der Waals surface area contributed by atoms with Crippen LogP contribution in [-0.4, -0.2) is 32.1 Å². The zero-order chi connectivity index (χ0) is 20.2. The van der Waals surface area contributed by atoms with Crippen LogP contribution in [0.4, 0.5) is 0 Å². The van der Waals surface area contributed by atoms with E-state index < -0.39 is 10.0 Å². The van der Waals surface area contributed by atoms with Crippen LogP contribution in [0.2, 0.25) is 0 Å². The Morgan fingerprint density at radius 1 is 1.00 bits per heavy atom. The van der Waals surface area contributed by atoms with Crippen molar-refractivity contribution >= 4 is 21.7 Å². The van der Waals surface area contributed by atoms with Gasteiger partial charge in [0.05, 0.1) is 10.9 Å². The summed E-state index contributed by atoms with van der Waals surface area (Å²) in [6.45, 7) is 3.79. The van der Waals surface area contributed by atoms with E-state index >= 15 is 0 Å². The summed E-state index contributed by atoms with van der Waals surface area (Å²) >= 11 is 0. The lowest BCUT2D eigenvalue weighted by molar-refractivity contribution is -0.131. The van der Waals surface area contributed by atoms with Gasteiger partial charge in [-0.25, -0.2) is 13.6 Å². The predicted octanol–water partition coefficient (Wildman–Crippen LogP) is 2.82. The van der Waals surface area contributed by atoms with Gasteiger partial charge >= 0.3 is 0 Å². The number of carbonyl (C=O) groups excluding carboxylic acids is 2. The lowest BCUT2D eigenvalue weighted by Crippen LogP contribution is -2.30. The molecule has 0 radical (unpaired) electrons. The van der Waals surface area contributed by atoms with Crippen LogP contribution in [0.15, 0.2) is 53.4 Å². The SMILES string of the molecule is Cc1ccc(C(=O)CCC(=O)N(C)C(C)c2ccc(S(N)(=O)=O)cc2)cc1. The number of hydrogen-bond acceptors (Lipinski definition) is 4. The molecule has 0 bridgehead atoms. The molecule has 0 saturated heterocycles. The highest BCUT2D eigenvalue weighted by Crippen LogP contribution is 2.21. The van der Waals surface area contributed by atoms with Gasteiger partial charge < -0.3 is 4.90 Å². The maximum absolute atomic E-state index is 12.4. The highest BCUT2D eigenvalue weighted by atomic mass is 32.2. The van der Waals surface area contributed by atoms with E-state index in [0.717, 1.165) is 11.1 Å². The van der Waals surface area contributed by atoms with Crippen LogP contribution in [0.3, 0.4) is 0 Å². The number of aryl methyl sites for hydroxylation is 1. The first-order valence-electron chi connectivity index (χ1n) is 8.58. The minimum atomic E-state index is -3.75. The average molecular weight is 388 g/mol. The molecule has 2 aromatic carbocycles. The van der Waals surface area contributed by atoms with Gasteiger partial charge in [0.15, 0.2) is 5.78 Å². The van der Waals surface area contributed by atoms with E-state index in [1.807, 2.05) is 26.0 Å². The van der Waals surface area contributed by atoms with Crippen molar-refractivity contribution in [2.75, 3.05) is 7.05 Å². The number of nitrogens with two attached hydrogens (primary N) is 1. The lowest BCUT2D eigenvalue weighted by Gasteiger charge is -2.25. The fourth-order valence-corrected chi connectivity index (χ4v) is 3.17. The van der Waals surface area contributed by atoms with Gasteiger partial charge in [0.1, 0.15) is 0 Å². The van der Waals surface area contributed by atoms with Gasteiger partial charge in [-0.1, -0.05) is 42.0 Å². The molecule has 2 N–H and O–H groups in total. The van der Waals surface area contributed by atoms with Crippen molar-refractivity contribution in [2.45, 2.75) is 37.6 Å². The molecule has 0 heterocycles. The molecule has 0 aromatic heterocycles. The number of amides is 1. The third kappa shape index (κ3) is 5.48. The van der Waals surface area contributed by atoms with Gasteiger partial charge in [0, 0.05) is 25.5 Å². The largest absolute Gasteiger partial charge is 0.339 e. The second-order valence-electron chi connectivity index (χ2n) is 6.58. The summed E-state index contributed by atoms with van der Waals surface area (Å²) in [6.07, 6.45) is 0.256. The van der Waals surface area contributed by atoms with Crippen LogP contribution >= 0.6 is 0 Å². The fourth-order valence-electron chi connectivity index (χ4n) is 2.66. The maximum atomic E-state index is 12.4. The van der Waals surface area contributed by atoms with Gasteiger partial charge in [-0.2, -0.15) is 0 Å². The molecule has 144 valence electrons. The molecule has 0 aliphatic heterocycles. The molecule has 7 heteroatoms. The summed E-state index contributed by atoms with van der Waals surface area (Å²) < 4.78 is 22.6. The predicted molar refractivity (Wildman–Crippen MR) is 104 cm³/mol. The molecular weight excluding hydrogens is 364 g/mol. The number of nitrogens with zero attached hydrogens (tertiary/aromatic N) is 1. The Balaban J connectivity index is 1.97. The number of hydrogen-bond donors (Lipinski definition) is 1. The minimum Gasteiger partial charge on any atom is -0.339 e. The first kappa shape index (κ1) is 20.8. The Morgan fingerprint density at radius 3 is 2.07 bits per heavy atom. The molecule has 2 aromatic rings. The van der Waals surface area contributed by atoms with E-state index in [9.17, 15) is 18.0 Å². The molecule has 1 unspecified atom stereocenters. The van der Waals surface area contributed by atoms with Gasteiger partial charge in [-0.15, -0.1) is 0 Å². The van der Waals surface area contributed by atoms with E-state index in [2.05, 4.69) is 0 Å². The molecule has 6 nitrogen and oxygen atoms in total. The number of rotatable bonds is 7. The molecule has 27 heavy (non-hydrogen) atoms. The second kappa shape index (κ2) is 8.45. The number of primary sulfonamides is 1. The standard InChI is InChI=1S/C20H24N2O4S/c1-14-4-6-17(7-5-14)19(23)12-13-20(24)22(3)15(2)16-8-10-18(11-9-16)27(21,25)26/h4-11,15H,12-13H2,1-3H3,(H2,21,25,26). The van der Waals surface area contributed by atoms with Crippen molar-refractivity contribution < 1.29 is 18.0 Å². The van der Waals surface area contributed by atoms with Crippen LogP contribution in [-0.2, 0) is 14.8 Å². The first-order valence-corrected chi connectivity index (χ1v) is 10.1. The number of carbonyl (C=O) groups is 2. The Bertz CT molecular complexity index is 919. The zero-order valence-electron chi connectivity index (χ0n) is 15.7. The quantitative estimate of drug-likeness (QED) is 0.738. The summed E-state index contributed by atoms with van der Waals surface area (Å²) in [7, 11) is -2.08. The molecule has 2 rings (SSSR count). The highest BCUT2D eigenvalue weighted by molar-refractivity contribution is 7.89. The van der Waals surface area contributed by atoms with Crippen molar-refractivity contribution in [3.63, 3.8) is 0 Å². The van der Waals surface area contributed by atoms with Crippen LogP contribution < -0.4 is 5.14 Å². The Labute approximate surface area is 160 Å². The van der Waals surface area contributed by atoms with Crippen LogP contribution in [0.5, 0.6) is 0 Å². The Morgan fingerprint density at radius 2 is 1.56 bits per heavy atom. The molecule has 0 aliphatic rings. The van der Waals surface area contributed by atoms with E-state index in [1.165, 1.54) is 12.1 Å². The smallest absolute Gasteiger partial charge is 0.238 e. The van der Waals surface area contributed by atoms with Crippen molar-refractivity contribution in [3.8, 4) is 0 Å². The van der Waals surface area contributed by atoms with Crippen LogP contribution in [0, 0.1) is 6.92 Å². The summed E-state index contributed by atoms with van der Waals surface area (Å²) in [5.74, 6) is -0.222. The number of sulfonamides is 1. The Hall–Kier alpha value is -2.51. The maximum Gasteiger partial charge on any atom is 0.238 e. The lowest BCUT2D eigenvalue weighted by atomic mass is 10.0. The molecule has 0 fully saturated rings. The molecule has 1 atom stereocenters. The molecule has 0 aliphatic carbocycles. The minimum absolute atomic E-state index is 0.0242. The van der Waals surface area contributed by atoms with E-state index in [-0.39, 0.29) is 35.5 Å². The van der Waals surface area contributed by atoms with Crippen LogP contribution in [0.1, 0.15) is 47.3 Å². The van der Waals surface area contributed by atoms with Crippen molar-refractivity contribution in [3.05, 3.63) is 65.2 Å². The summed E-state index contributed by atoms with van der Waals surface area (Å²) in [5.41, 5.74) is 2.45. The van der Waals surface area contributed by atoms with Crippen molar-refractivity contribution in [2.24, 2.45) is 5.14 Å². The molecule has 0 spiro atoms. The molecule has 1 amide bonds. The highest BCUT2D eigenvalue weighted by Gasteiger charge is 2.19. The van der Waals surface area contributed by atoms with E-state index in [0.29, 0.717) is 5.56 Å². The van der Waals surface area contributed by atoms with Crippen molar-refractivity contribution in [1.82, 2.24) is 4.90 Å². The number of Topliss-reactive ketones (excluding diaryl/α,β-unsaturated/α-hetero) is 1. The number of ketones is 1. The van der Waals surface area contributed by atoms with Gasteiger partial charge in [-0.3, -0.25) is 9.59 Å². The number of benzene rings is 2. The summed E-state index contributed by atoms with van der Waals surface area (Å²) in [6, 6.07) is 13.1. The van der Waals surface area contributed by atoms with Gasteiger partial charge in [0.2, 0.25) is 15.9 Å². The van der Waals surface area contributed by atoms with Crippen LogP contribution in [0.25, 0.3) is 0 Å². The van der Waals surface area contributed by atoms with Crippen molar-refractivity contribution in [1.29, 1.82) is 0 Å². The van der Waals surface area contributed by atoms with Gasteiger partial charge in [-0.05, 0) is 31.5 Å². The average Bonchev–Trinajstić information content (AvgIpc) is 2.64. The molecule has 0 saturated carbocycles.